The van der Waals surface area contributed by atoms with Gasteiger partial charge in [0.2, 0.25) is 0 Å². The van der Waals surface area contributed by atoms with E-state index in [0.717, 1.165) is 42.8 Å². The van der Waals surface area contributed by atoms with Crippen molar-refractivity contribution in [3.05, 3.63) is 29.6 Å². The van der Waals surface area contributed by atoms with Crippen molar-refractivity contribution in [1.29, 1.82) is 0 Å². The molecular formula is C13H14F3NOS. The van der Waals surface area contributed by atoms with Gasteiger partial charge in [0.15, 0.2) is 5.78 Å². The van der Waals surface area contributed by atoms with Crippen molar-refractivity contribution in [2.75, 3.05) is 11.5 Å². The maximum absolute atomic E-state index is 12.8. The summed E-state index contributed by atoms with van der Waals surface area (Å²) < 4.78 is 38.4. The maximum atomic E-state index is 12.8. The largest absolute Gasteiger partial charge is 0.417 e. The molecular weight excluding hydrogens is 275 g/mol. The average Bonchev–Trinajstić information content (AvgIpc) is 2.39. The van der Waals surface area contributed by atoms with E-state index in [9.17, 15) is 18.0 Å². The molecule has 0 radical (unpaired) electrons. The minimum atomic E-state index is -4.50. The Balaban J connectivity index is 2.14. The first-order valence-corrected chi connectivity index (χ1v) is 7.26. The van der Waals surface area contributed by atoms with E-state index < -0.39 is 17.5 Å². The Labute approximate surface area is 113 Å². The molecule has 104 valence electrons. The second-order valence-corrected chi connectivity index (χ2v) is 5.83. The van der Waals surface area contributed by atoms with Gasteiger partial charge in [0.05, 0.1) is 5.56 Å². The first-order chi connectivity index (χ1) is 8.98. The van der Waals surface area contributed by atoms with Crippen molar-refractivity contribution in [3.8, 4) is 0 Å². The molecule has 0 unspecified atom stereocenters. The Bertz CT molecular complexity index is 455. The van der Waals surface area contributed by atoms with E-state index in [0.29, 0.717) is 0 Å². The fourth-order valence-electron chi connectivity index (χ4n) is 2.19. The predicted molar refractivity (Wildman–Crippen MR) is 68.2 cm³/mol. The summed E-state index contributed by atoms with van der Waals surface area (Å²) in [6.45, 7) is 0. The lowest BCUT2D eigenvalue weighted by Crippen LogP contribution is -2.18. The van der Waals surface area contributed by atoms with Gasteiger partial charge in [-0.15, -0.1) is 0 Å². The summed E-state index contributed by atoms with van der Waals surface area (Å²) in [5.41, 5.74) is -1.18. The van der Waals surface area contributed by atoms with Crippen LogP contribution in [0, 0.1) is 5.92 Å². The normalized spacial score (nSPS) is 17.4. The number of Topliss-reactive ketones (excluding diaryl/α,β-unsaturated/α-hetero) is 1. The Hall–Kier alpha value is -1.04. The van der Waals surface area contributed by atoms with Crippen LogP contribution in [0.5, 0.6) is 0 Å². The molecule has 1 aliphatic rings. The molecule has 0 aliphatic carbocycles. The molecule has 1 fully saturated rings. The van der Waals surface area contributed by atoms with Crippen molar-refractivity contribution in [1.82, 2.24) is 4.98 Å². The van der Waals surface area contributed by atoms with Crippen molar-refractivity contribution >= 4 is 17.5 Å². The molecule has 0 amide bonds. The second kappa shape index (κ2) is 5.94. The number of carbonyl (C=O) groups is 1. The summed E-state index contributed by atoms with van der Waals surface area (Å²) in [7, 11) is 0. The number of aromatic nitrogens is 1. The van der Waals surface area contributed by atoms with Crippen LogP contribution in [0.25, 0.3) is 0 Å². The van der Waals surface area contributed by atoms with Gasteiger partial charge in [-0.25, -0.2) is 0 Å². The molecule has 0 spiro atoms. The van der Waals surface area contributed by atoms with Gasteiger partial charge in [-0.3, -0.25) is 9.78 Å². The Morgan fingerprint density at radius 3 is 2.68 bits per heavy atom. The van der Waals surface area contributed by atoms with Crippen LogP contribution in [0.4, 0.5) is 13.2 Å². The summed E-state index contributed by atoms with van der Waals surface area (Å²) in [5, 5.41) is 0. The van der Waals surface area contributed by atoms with Gasteiger partial charge in [0.1, 0.15) is 0 Å². The lowest BCUT2D eigenvalue weighted by atomic mass is 9.92. The van der Waals surface area contributed by atoms with Crippen molar-refractivity contribution in [2.24, 2.45) is 5.92 Å². The Morgan fingerprint density at radius 1 is 1.37 bits per heavy atom. The first-order valence-electron chi connectivity index (χ1n) is 6.10. The lowest BCUT2D eigenvalue weighted by molar-refractivity contribution is -0.138. The minimum absolute atomic E-state index is 0.190. The SMILES string of the molecule is O=C(CC1CCSCC1)c1cnccc1C(F)(F)F. The molecule has 1 aromatic heterocycles. The highest BCUT2D eigenvalue weighted by molar-refractivity contribution is 7.99. The molecule has 1 aliphatic heterocycles. The molecule has 0 saturated carbocycles. The van der Waals surface area contributed by atoms with E-state index in [1.165, 1.54) is 0 Å². The summed E-state index contributed by atoms with van der Waals surface area (Å²) in [6.07, 6.45) is -0.415. The van der Waals surface area contributed by atoms with E-state index >= 15 is 0 Å². The first kappa shape index (κ1) is 14.4. The molecule has 0 atom stereocenters. The standard InChI is InChI=1S/C13H14F3NOS/c14-13(15,16)11-1-4-17-8-10(11)12(18)7-9-2-5-19-6-3-9/h1,4,8-9H,2-3,5-7H2. The van der Waals surface area contributed by atoms with Crippen LogP contribution in [0.3, 0.4) is 0 Å². The van der Waals surface area contributed by atoms with Crippen LogP contribution in [-0.4, -0.2) is 22.3 Å². The van der Waals surface area contributed by atoms with Crippen LogP contribution in [-0.2, 0) is 6.18 Å². The number of rotatable bonds is 3. The number of ketones is 1. The predicted octanol–water partition coefficient (Wildman–Crippen LogP) is 3.82. The lowest BCUT2D eigenvalue weighted by Gasteiger charge is -2.21. The molecule has 0 aromatic carbocycles. The number of nitrogens with zero attached hydrogens (tertiary/aromatic N) is 1. The molecule has 2 nitrogen and oxygen atoms in total. The molecule has 19 heavy (non-hydrogen) atoms. The quantitative estimate of drug-likeness (QED) is 0.792. The molecule has 0 N–H and O–H groups in total. The maximum Gasteiger partial charge on any atom is 0.417 e. The Morgan fingerprint density at radius 2 is 2.05 bits per heavy atom. The zero-order valence-corrected chi connectivity index (χ0v) is 11.1. The van der Waals surface area contributed by atoms with Crippen LogP contribution in [0.1, 0.15) is 35.2 Å². The third-order valence-corrected chi connectivity index (χ3v) is 4.29. The van der Waals surface area contributed by atoms with Crippen LogP contribution in [0.2, 0.25) is 0 Å². The highest BCUT2D eigenvalue weighted by atomic mass is 32.2. The minimum Gasteiger partial charge on any atom is -0.294 e. The number of pyridine rings is 1. The van der Waals surface area contributed by atoms with Crippen LogP contribution < -0.4 is 0 Å². The average molecular weight is 289 g/mol. The highest BCUT2D eigenvalue weighted by Gasteiger charge is 2.35. The van der Waals surface area contributed by atoms with Crippen LogP contribution in [0.15, 0.2) is 18.5 Å². The molecule has 1 saturated heterocycles. The number of hydrogen-bond acceptors (Lipinski definition) is 3. The number of hydrogen-bond donors (Lipinski definition) is 0. The molecule has 1 aromatic rings. The second-order valence-electron chi connectivity index (χ2n) is 4.60. The van der Waals surface area contributed by atoms with Crippen molar-refractivity contribution < 1.29 is 18.0 Å². The Kier molecular flexibility index (Phi) is 4.50. The molecule has 2 rings (SSSR count). The van der Waals surface area contributed by atoms with Gasteiger partial charge in [0, 0.05) is 24.4 Å². The van der Waals surface area contributed by atoms with E-state index in [-0.39, 0.29) is 17.9 Å². The van der Waals surface area contributed by atoms with E-state index in [4.69, 9.17) is 0 Å². The van der Waals surface area contributed by atoms with Gasteiger partial charge < -0.3 is 0 Å². The fraction of sp³-hybridized carbons (Fsp3) is 0.538. The zero-order chi connectivity index (χ0) is 13.9. The summed E-state index contributed by atoms with van der Waals surface area (Å²) >= 11 is 1.83. The van der Waals surface area contributed by atoms with E-state index in [1.807, 2.05) is 11.8 Å². The smallest absolute Gasteiger partial charge is 0.294 e. The van der Waals surface area contributed by atoms with Crippen molar-refractivity contribution in [2.45, 2.75) is 25.4 Å². The summed E-state index contributed by atoms with van der Waals surface area (Å²) in [5.74, 6) is 1.72. The third-order valence-electron chi connectivity index (χ3n) is 3.24. The monoisotopic (exact) mass is 289 g/mol. The molecule has 6 heteroatoms. The topological polar surface area (TPSA) is 30.0 Å². The van der Waals surface area contributed by atoms with Gasteiger partial charge in [-0.2, -0.15) is 24.9 Å². The molecule has 0 bridgehead atoms. The van der Waals surface area contributed by atoms with E-state index in [1.54, 1.807) is 0 Å². The summed E-state index contributed by atoms with van der Waals surface area (Å²) in [4.78, 5) is 15.7. The highest BCUT2D eigenvalue weighted by Crippen LogP contribution is 2.33. The van der Waals surface area contributed by atoms with Crippen LogP contribution >= 0.6 is 11.8 Å². The molecule has 2 heterocycles. The van der Waals surface area contributed by atoms with E-state index in [2.05, 4.69) is 4.98 Å². The number of halogens is 3. The summed E-state index contributed by atoms with van der Waals surface area (Å²) in [6, 6.07) is 0.865. The van der Waals surface area contributed by atoms with Gasteiger partial charge in [-0.05, 0) is 36.3 Å². The third kappa shape index (κ3) is 3.72. The van der Waals surface area contributed by atoms with Crippen molar-refractivity contribution in [3.63, 3.8) is 0 Å². The number of carbonyl (C=O) groups excluding carboxylic acids is 1. The number of thioether (sulfide) groups is 1. The van der Waals surface area contributed by atoms with Gasteiger partial charge in [0.25, 0.3) is 0 Å². The number of alkyl halides is 3. The van der Waals surface area contributed by atoms with Gasteiger partial charge in [-0.1, -0.05) is 0 Å². The fourth-order valence-corrected chi connectivity index (χ4v) is 3.39. The van der Waals surface area contributed by atoms with Gasteiger partial charge >= 0.3 is 6.18 Å². The zero-order valence-electron chi connectivity index (χ0n) is 10.2.